The molecule has 1 unspecified atom stereocenters. The van der Waals surface area contributed by atoms with Crippen LogP contribution in [0.1, 0.15) is 98.3 Å². The predicted octanol–water partition coefficient (Wildman–Crippen LogP) is 6.49. The third-order valence-electron chi connectivity index (χ3n) is 10.5. The van der Waals surface area contributed by atoms with Gasteiger partial charge in [-0.15, -0.1) is 0 Å². The highest BCUT2D eigenvalue weighted by Gasteiger charge is 2.31. The van der Waals surface area contributed by atoms with Gasteiger partial charge >= 0.3 is 18.2 Å². The monoisotopic (exact) mass is 671 g/mol. The van der Waals surface area contributed by atoms with Crippen LogP contribution in [-0.4, -0.2) is 108 Å². The maximum atomic E-state index is 13.4. The molecule has 4 aliphatic rings. The summed E-state index contributed by atoms with van der Waals surface area (Å²) in [5.74, 6) is -0.658. The molecule has 0 bridgehead atoms. The lowest BCUT2D eigenvalue weighted by molar-refractivity contribution is -0.151. The molecule has 10 heteroatoms. The number of nitrogens with zero attached hydrogens (tertiary/aromatic N) is 3. The molecule has 0 aromatic rings. The van der Waals surface area contributed by atoms with Crippen LogP contribution in [0.2, 0.25) is 0 Å². The topological polar surface area (TPSA) is 109 Å². The van der Waals surface area contributed by atoms with Crippen LogP contribution in [0.25, 0.3) is 0 Å². The van der Waals surface area contributed by atoms with Gasteiger partial charge in [-0.2, -0.15) is 0 Å². The molecule has 48 heavy (non-hydrogen) atoms. The number of hydrogen-bond acceptors (Lipinski definition) is 8. The van der Waals surface area contributed by atoms with Crippen molar-refractivity contribution in [3.05, 3.63) is 36.0 Å². The second kappa shape index (κ2) is 19.4. The van der Waals surface area contributed by atoms with Gasteiger partial charge in [0.25, 0.3) is 0 Å². The summed E-state index contributed by atoms with van der Waals surface area (Å²) in [6.07, 6.45) is 18.1. The Bertz CT molecular complexity index is 1120. The molecule has 0 spiro atoms. The zero-order valence-corrected chi connectivity index (χ0v) is 29.9. The maximum absolute atomic E-state index is 13.4. The fourth-order valence-corrected chi connectivity index (χ4v) is 7.27. The van der Waals surface area contributed by atoms with E-state index < -0.39 is 24.3 Å². The van der Waals surface area contributed by atoms with E-state index in [0.717, 1.165) is 44.6 Å². The molecule has 0 radical (unpaired) electrons. The van der Waals surface area contributed by atoms with Crippen molar-refractivity contribution in [2.45, 2.75) is 123 Å². The summed E-state index contributed by atoms with van der Waals surface area (Å²) in [4.78, 5) is 44.6. The lowest BCUT2D eigenvalue weighted by Gasteiger charge is -2.39. The van der Waals surface area contributed by atoms with Gasteiger partial charge < -0.3 is 29.1 Å². The normalized spacial score (nSPS) is 30.6. The smallest absolute Gasteiger partial charge is 0.410 e. The van der Waals surface area contributed by atoms with Crippen molar-refractivity contribution in [1.29, 1.82) is 0 Å². The van der Waals surface area contributed by atoms with E-state index in [4.69, 9.17) is 14.2 Å². The summed E-state index contributed by atoms with van der Waals surface area (Å²) < 4.78 is 17.5. The van der Waals surface area contributed by atoms with Gasteiger partial charge in [0.2, 0.25) is 0 Å². The summed E-state index contributed by atoms with van der Waals surface area (Å²) in [6, 6.07) is 0.635. The number of carbonyl (C=O) groups is 3. The van der Waals surface area contributed by atoms with E-state index in [9.17, 15) is 19.5 Å². The van der Waals surface area contributed by atoms with Gasteiger partial charge in [0.1, 0.15) is 12.2 Å². The molecular formula is C38H61N3O7. The van der Waals surface area contributed by atoms with Gasteiger partial charge in [0.05, 0.1) is 19.1 Å². The zero-order valence-electron chi connectivity index (χ0n) is 29.9. The van der Waals surface area contributed by atoms with Crippen molar-refractivity contribution in [3.63, 3.8) is 0 Å². The molecule has 270 valence electrons. The van der Waals surface area contributed by atoms with Crippen LogP contribution in [0.5, 0.6) is 0 Å². The number of piperazine rings is 1. The van der Waals surface area contributed by atoms with Gasteiger partial charge in [0, 0.05) is 57.1 Å². The van der Waals surface area contributed by atoms with Crippen LogP contribution in [0, 0.1) is 17.8 Å². The second-order valence-electron chi connectivity index (χ2n) is 14.6. The van der Waals surface area contributed by atoms with Crippen molar-refractivity contribution in [2.24, 2.45) is 17.8 Å². The highest BCUT2D eigenvalue weighted by molar-refractivity contribution is 5.70. The van der Waals surface area contributed by atoms with Gasteiger partial charge in [-0.05, 0) is 63.0 Å². The van der Waals surface area contributed by atoms with Gasteiger partial charge in [-0.3, -0.25) is 9.69 Å². The predicted molar refractivity (Wildman–Crippen MR) is 186 cm³/mol. The average molecular weight is 672 g/mol. The summed E-state index contributed by atoms with van der Waals surface area (Å²) in [6.45, 7) is 12.8. The molecule has 3 heterocycles. The minimum absolute atomic E-state index is 0.0173. The first-order valence-electron chi connectivity index (χ1n) is 18.6. The number of allylic oxidation sites excluding steroid dienone is 2. The first-order valence-corrected chi connectivity index (χ1v) is 18.6. The minimum atomic E-state index is -0.832. The molecule has 1 aliphatic carbocycles. The van der Waals surface area contributed by atoms with E-state index in [1.807, 2.05) is 63.0 Å². The van der Waals surface area contributed by atoms with Crippen LogP contribution in [-0.2, 0) is 19.0 Å². The number of cyclic esters (lactones) is 1. The van der Waals surface area contributed by atoms with Crippen molar-refractivity contribution < 1.29 is 33.7 Å². The second-order valence-corrected chi connectivity index (χ2v) is 14.6. The van der Waals surface area contributed by atoms with E-state index in [2.05, 4.69) is 4.90 Å². The molecule has 3 fully saturated rings. The lowest BCUT2D eigenvalue weighted by Crippen LogP contribution is -2.52. The number of esters is 1. The standard InChI is InChI=1S/C38H61N3O7/c1-28(27-46-37(44)40-20-9-10-21-40)12-11-13-30(3)36-31(4)17-19-34(29(2)16-18-33(42)26-35(43)48-36)47-38(45)41-24-22-39(23-25-41)32-14-7-5-6-8-15-32/h11-13,17,19,28-29,31-34,36,42H,5-10,14-16,18,20-27H2,1-4H3/b12-11+,19-17+,30-13+/t28?,29-,31+,33+,34+,36-/m1/s1. The number of hydrogen-bond donors (Lipinski definition) is 1. The third-order valence-corrected chi connectivity index (χ3v) is 10.5. The third kappa shape index (κ3) is 11.9. The van der Waals surface area contributed by atoms with Crippen LogP contribution in [0.3, 0.4) is 0 Å². The Morgan fingerprint density at radius 2 is 1.58 bits per heavy atom. The average Bonchev–Trinajstić information content (AvgIpc) is 3.49. The first kappa shape index (κ1) is 38.0. The Kier molecular flexibility index (Phi) is 15.3. The molecule has 4 rings (SSSR count). The van der Waals surface area contributed by atoms with Crippen molar-refractivity contribution in [2.75, 3.05) is 45.9 Å². The van der Waals surface area contributed by atoms with Crippen molar-refractivity contribution in [3.8, 4) is 0 Å². The van der Waals surface area contributed by atoms with Gasteiger partial charge in [-0.25, -0.2) is 9.59 Å². The molecule has 2 amide bonds. The Hall–Kier alpha value is -2.85. The van der Waals surface area contributed by atoms with Crippen LogP contribution < -0.4 is 0 Å². The molecule has 3 aliphatic heterocycles. The summed E-state index contributed by atoms with van der Waals surface area (Å²) in [5, 5.41) is 10.7. The van der Waals surface area contributed by atoms with Gasteiger partial charge in [-0.1, -0.05) is 70.8 Å². The Morgan fingerprint density at radius 3 is 2.27 bits per heavy atom. The number of rotatable bonds is 7. The van der Waals surface area contributed by atoms with E-state index in [-0.39, 0.29) is 36.4 Å². The molecular weight excluding hydrogens is 610 g/mol. The van der Waals surface area contributed by atoms with Crippen LogP contribution in [0.4, 0.5) is 9.59 Å². The summed E-state index contributed by atoms with van der Waals surface area (Å²) in [5.41, 5.74) is 0.845. The highest BCUT2D eigenvalue weighted by atomic mass is 16.6. The van der Waals surface area contributed by atoms with Crippen molar-refractivity contribution in [1.82, 2.24) is 14.7 Å². The largest absolute Gasteiger partial charge is 0.457 e. The summed E-state index contributed by atoms with van der Waals surface area (Å²) >= 11 is 0. The number of aliphatic hydroxyl groups excluding tert-OH is 1. The number of aliphatic hydroxyl groups is 1. The highest BCUT2D eigenvalue weighted by Crippen LogP contribution is 2.26. The Morgan fingerprint density at radius 1 is 0.917 bits per heavy atom. The first-order chi connectivity index (χ1) is 23.1. The van der Waals surface area contributed by atoms with E-state index in [1.165, 1.54) is 38.5 Å². The summed E-state index contributed by atoms with van der Waals surface area (Å²) in [7, 11) is 0. The molecule has 0 aromatic heterocycles. The van der Waals surface area contributed by atoms with Crippen LogP contribution in [0.15, 0.2) is 36.0 Å². The quantitative estimate of drug-likeness (QED) is 0.108. The molecule has 10 nitrogen and oxygen atoms in total. The molecule has 6 atom stereocenters. The fraction of sp³-hybridized carbons (Fsp3) is 0.763. The Labute approximate surface area is 288 Å². The van der Waals surface area contributed by atoms with Crippen LogP contribution >= 0.6 is 0 Å². The number of carbonyl (C=O) groups excluding carboxylic acids is 3. The van der Waals surface area contributed by atoms with E-state index in [0.29, 0.717) is 38.6 Å². The SMILES string of the molecule is C/C(=C\C=C\C(C)COC(=O)N1CCCC1)[C@H]1OC(=O)C[C@@H](O)CC[C@@H](C)[C@@H](OC(=O)N2CCN(C3CCCCCC3)CC2)/C=C/[C@@H]1C. The number of ether oxygens (including phenoxy) is 3. The Balaban J connectivity index is 1.36. The lowest BCUT2D eigenvalue weighted by atomic mass is 9.92. The van der Waals surface area contributed by atoms with Gasteiger partial charge in [0.15, 0.2) is 0 Å². The fourth-order valence-electron chi connectivity index (χ4n) is 7.27. The molecule has 2 saturated heterocycles. The van der Waals surface area contributed by atoms with E-state index in [1.54, 1.807) is 4.90 Å². The molecule has 1 saturated carbocycles. The molecule has 1 N–H and O–H groups in total. The maximum Gasteiger partial charge on any atom is 0.410 e. The number of amides is 2. The molecule has 0 aromatic carbocycles. The minimum Gasteiger partial charge on any atom is -0.457 e. The van der Waals surface area contributed by atoms with Crippen molar-refractivity contribution >= 4 is 18.2 Å². The number of likely N-dealkylation sites (tertiary alicyclic amines) is 1. The zero-order chi connectivity index (χ0) is 34.5. The van der Waals surface area contributed by atoms with E-state index >= 15 is 0 Å².